The first-order valence-electron chi connectivity index (χ1n) is 4.95. The van der Waals surface area contributed by atoms with Gasteiger partial charge in [0.05, 0.1) is 0 Å². The molecule has 18 heteroatoms. The summed E-state index contributed by atoms with van der Waals surface area (Å²) in [6.07, 6.45) is -34.6. The molecule has 0 aromatic carbocycles. The number of halogens is 14. The Morgan fingerprint density at radius 1 is 0.600 bits per heavy atom. The van der Waals surface area contributed by atoms with Crippen LogP contribution in [0.5, 0.6) is 0 Å². The maximum Gasteiger partial charge on any atom is 0.521 e. The van der Waals surface area contributed by atoms with Crippen molar-refractivity contribution in [2.75, 3.05) is 6.86 Å². The van der Waals surface area contributed by atoms with Crippen molar-refractivity contribution in [2.24, 2.45) is 0 Å². The summed E-state index contributed by atoms with van der Waals surface area (Å²) in [6.45, 7) is -2.95. The highest BCUT2D eigenvalue weighted by molar-refractivity contribution is 4.89. The maximum absolute atomic E-state index is 13.3. The van der Waals surface area contributed by atoms with Gasteiger partial charge in [-0.3, -0.25) is 9.47 Å². The second-order valence-electron chi connectivity index (χ2n) is 3.64. The molecular weight excluding hydrogens is 414 g/mol. The topological polar surface area (TPSA) is 36.9 Å². The molecule has 0 heterocycles. The summed E-state index contributed by atoms with van der Waals surface area (Å²) in [4.78, 5) is 1.31. The third-order valence-electron chi connectivity index (χ3n) is 1.92. The first-order valence-corrected chi connectivity index (χ1v) is 4.95. The van der Waals surface area contributed by atoms with Crippen molar-refractivity contribution < 1.29 is 80.8 Å². The molecule has 0 aliphatic heterocycles. The molecule has 4 nitrogen and oxygen atoms in total. The molecule has 0 saturated heterocycles. The minimum absolute atomic E-state index is 1.31. The largest absolute Gasteiger partial charge is 0.521 e. The molecule has 0 spiro atoms. The lowest BCUT2D eigenvalue weighted by atomic mass is 10.2. The Balaban J connectivity index is 5.91. The van der Waals surface area contributed by atoms with Gasteiger partial charge in [-0.15, -0.1) is 8.78 Å². The number of ether oxygens (including phenoxy) is 3. The lowest BCUT2D eigenvalue weighted by molar-refractivity contribution is -0.583. The summed E-state index contributed by atoms with van der Waals surface area (Å²) in [6, 6.07) is 0. The molecule has 0 rings (SSSR count). The van der Waals surface area contributed by atoms with E-state index in [0.29, 0.717) is 0 Å². The fourth-order valence-corrected chi connectivity index (χ4v) is 0.904. The number of hydrogen-bond donors (Lipinski definition) is 0. The van der Waals surface area contributed by atoms with Gasteiger partial charge >= 0.3 is 36.7 Å². The monoisotopic (exact) mass is 416 g/mol. The smallest absolute Gasteiger partial charge is 0.284 e. The number of rotatable bonds is 9. The molecule has 0 N–H and O–H groups in total. The van der Waals surface area contributed by atoms with Gasteiger partial charge in [0, 0.05) is 0 Å². The second-order valence-corrected chi connectivity index (χ2v) is 3.64. The minimum Gasteiger partial charge on any atom is -0.284 e. The summed E-state index contributed by atoms with van der Waals surface area (Å²) in [7, 11) is 0. The zero-order chi connectivity index (χ0) is 20.5. The van der Waals surface area contributed by atoms with E-state index in [4.69, 9.17) is 0 Å². The van der Waals surface area contributed by atoms with E-state index in [1.165, 1.54) is 4.94 Å². The van der Waals surface area contributed by atoms with E-state index < -0.39 is 43.5 Å². The van der Waals surface area contributed by atoms with E-state index in [1.54, 1.807) is 9.47 Å². The van der Waals surface area contributed by atoms with Crippen molar-refractivity contribution in [3.8, 4) is 0 Å². The molecule has 25 heavy (non-hydrogen) atoms. The van der Waals surface area contributed by atoms with Crippen LogP contribution in [0, 0.1) is 0 Å². The van der Waals surface area contributed by atoms with Gasteiger partial charge in [0.25, 0.3) is 0 Å². The minimum atomic E-state index is -7.30. The quantitative estimate of drug-likeness (QED) is 0.412. The van der Waals surface area contributed by atoms with Gasteiger partial charge in [-0.05, 0) is 4.53 Å². The molecular formula is C7H2F14O4. The van der Waals surface area contributed by atoms with E-state index in [9.17, 15) is 61.6 Å². The summed E-state index contributed by atoms with van der Waals surface area (Å²) >= 11 is 0. The van der Waals surface area contributed by atoms with Crippen molar-refractivity contribution in [2.45, 2.75) is 36.7 Å². The fraction of sp³-hybridized carbons (Fsp3) is 1.00. The van der Waals surface area contributed by atoms with Gasteiger partial charge in [0.2, 0.25) is 0 Å². The molecule has 0 aliphatic carbocycles. The highest BCUT2D eigenvalue weighted by Gasteiger charge is 2.81. The first-order chi connectivity index (χ1) is 10.8. The Labute approximate surface area is 126 Å². The van der Waals surface area contributed by atoms with Crippen LogP contribution in [0.4, 0.5) is 61.6 Å². The Hall–Kier alpha value is -1.14. The van der Waals surface area contributed by atoms with Crippen LogP contribution in [-0.4, -0.2) is 43.5 Å². The predicted molar refractivity (Wildman–Crippen MR) is 41.1 cm³/mol. The highest BCUT2D eigenvalue weighted by atomic mass is 19.4. The van der Waals surface area contributed by atoms with Crippen molar-refractivity contribution in [3.63, 3.8) is 0 Å². The van der Waals surface area contributed by atoms with Crippen LogP contribution in [0.2, 0.25) is 0 Å². The van der Waals surface area contributed by atoms with Gasteiger partial charge in [0.15, 0.2) is 6.86 Å². The third kappa shape index (κ3) is 4.94. The molecule has 152 valence electrons. The Morgan fingerprint density at radius 3 is 1.32 bits per heavy atom. The Morgan fingerprint density at radius 2 is 1.00 bits per heavy atom. The zero-order valence-corrected chi connectivity index (χ0v) is 10.6. The number of hydrogen-bond acceptors (Lipinski definition) is 4. The summed E-state index contributed by atoms with van der Waals surface area (Å²) in [5.41, 5.74) is 0. The molecule has 0 saturated carbocycles. The lowest BCUT2D eigenvalue weighted by Gasteiger charge is -2.37. The van der Waals surface area contributed by atoms with Gasteiger partial charge in [-0.2, -0.15) is 43.9 Å². The standard InChI is InChI=1S/C7H2F14O4/c8-1-22-4(13,14)2(9,3(10,11)12)23-5(15,16)6(17,18)24-7(19,20)25-21/h1H2. The summed E-state index contributed by atoms with van der Waals surface area (Å²) in [5.74, 6) is -7.19. The van der Waals surface area contributed by atoms with E-state index in [2.05, 4.69) is 4.74 Å². The lowest BCUT2D eigenvalue weighted by Crippen LogP contribution is -2.64. The van der Waals surface area contributed by atoms with Crippen LogP contribution in [-0.2, 0) is 19.2 Å². The number of alkyl halides is 13. The van der Waals surface area contributed by atoms with Crippen molar-refractivity contribution in [1.29, 1.82) is 0 Å². The van der Waals surface area contributed by atoms with E-state index in [1.807, 2.05) is 0 Å². The third-order valence-corrected chi connectivity index (χ3v) is 1.92. The molecule has 0 aliphatic rings. The predicted octanol–water partition coefficient (Wildman–Crippen LogP) is 4.42. The summed E-state index contributed by atoms with van der Waals surface area (Å²) < 4.78 is 178. The molecule has 0 radical (unpaired) electrons. The molecule has 0 fully saturated rings. The molecule has 0 amide bonds. The van der Waals surface area contributed by atoms with Crippen LogP contribution >= 0.6 is 0 Å². The zero-order valence-electron chi connectivity index (χ0n) is 10.6. The maximum atomic E-state index is 13.3. The Bertz CT molecular complexity index is 449. The van der Waals surface area contributed by atoms with Gasteiger partial charge in [0.1, 0.15) is 0 Å². The van der Waals surface area contributed by atoms with Crippen molar-refractivity contribution in [1.82, 2.24) is 0 Å². The van der Waals surface area contributed by atoms with Gasteiger partial charge in [-0.25, -0.2) is 9.13 Å². The molecule has 0 aromatic heterocycles. The first kappa shape index (κ1) is 23.9. The van der Waals surface area contributed by atoms with Crippen LogP contribution in [0.3, 0.4) is 0 Å². The van der Waals surface area contributed by atoms with Crippen LogP contribution in [0.15, 0.2) is 0 Å². The van der Waals surface area contributed by atoms with Crippen LogP contribution < -0.4 is 0 Å². The van der Waals surface area contributed by atoms with Crippen molar-refractivity contribution >= 4 is 0 Å². The average Bonchev–Trinajstić information content (AvgIpc) is 2.35. The SMILES string of the molecule is FCOC(F)(F)C(F)(OC(F)(F)C(F)(F)OC(F)(F)OF)C(F)(F)F. The van der Waals surface area contributed by atoms with Crippen LogP contribution in [0.1, 0.15) is 0 Å². The van der Waals surface area contributed by atoms with Gasteiger partial charge in [-0.1, -0.05) is 4.94 Å². The molecule has 1 unspecified atom stereocenters. The van der Waals surface area contributed by atoms with Crippen molar-refractivity contribution in [3.05, 3.63) is 0 Å². The normalized spacial score (nSPS) is 17.5. The average molecular weight is 416 g/mol. The van der Waals surface area contributed by atoms with Gasteiger partial charge < -0.3 is 0 Å². The van der Waals surface area contributed by atoms with E-state index >= 15 is 0 Å². The second kappa shape index (κ2) is 6.88. The molecule has 0 bridgehead atoms. The molecule has 0 aromatic rings. The summed E-state index contributed by atoms with van der Waals surface area (Å²) in [5, 5.41) is 0. The van der Waals surface area contributed by atoms with E-state index in [0.717, 1.165) is 0 Å². The van der Waals surface area contributed by atoms with Crippen LogP contribution in [0.25, 0.3) is 0 Å². The highest BCUT2D eigenvalue weighted by Crippen LogP contribution is 2.52. The Kier molecular flexibility index (Phi) is 6.56. The molecule has 1 atom stereocenters. The van der Waals surface area contributed by atoms with E-state index in [-0.39, 0.29) is 0 Å². The fourth-order valence-electron chi connectivity index (χ4n) is 0.904.